The molecule has 0 N–H and O–H groups in total. The Kier molecular flexibility index (Phi) is 4.52. The van der Waals surface area contributed by atoms with Gasteiger partial charge in [-0.3, -0.25) is 0 Å². The van der Waals surface area contributed by atoms with E-state index >= 15 is 0 Å². The molecule has 1 aromatic heterocycles. The summed E-state index contributed by atoms with van der Waals surface area (Å²) in [5.41, 5.74) is 4.78. The summed E-state index contributed by atoms with van der Waals surface area (Å²) in [5.74, 6) is -0.266. The zero-order chi connectivity index (χ0) is 17.1. The molecule has 0 fully saturated rings. The number of carbonyl (C=O) groups is 1. The highest BCUT2D eigenvalue weighted by Crippen LogP contribution is 2.28. The fourth-order valence-electron chi connectivity index (χ4n) is 2.93. The lowest BCUT2D eigenvalue weighted by atomic mass is 10.1. The maximum absolute atomic E-state index is 12.4. The number of benzene rings is 2. The number of aromatic nitrogens is 1. The Morgan fingerprint density at radius 3 is 2.58 bits per heavy atom. The molecule has 3 aromatic rings. The van der Waals surface area contributed by atoms with Crippen LogP contribution >= 0.6 is 0 Å². The molecule has 0 unspecified atom stereocenters. The molecule has 0 bridgehead atoms. The van der Waals surface area contributed by atoms with Gasteiger partial charge in [-0.05, 0) is 44.5 Å². The van der Waals surface area contributed by atoms with Crippen LogP contribution < -0.4 is 0 Å². The Balaban J connectivity index is 2.16. The van der Waals surface area contributed by atoms with Gasteiger partial charge in [0.1, 0.15) is 0 Å². The zero-order valence-corrected chi connectivity index (χ0v) is 14.2. The van der Waals surface area contributed by atoms with E-state index in [9.17, 15) is 4.79 Å². The lowest BCUT2D eigenvalue weighted by Gasteiger charge is -2.03. The molecule has 0 saturated carbocycles. The third-order valence-corrected chi connectivity index (χ3v) is 4.10. The average molecular weight is 319 g/mol. The molecule has 24 heavy (non-hydrogen) atoms. The van der Waals surface area contributed by atoms with E-state index in [2.05, 4.69) is 12.1 Å². The number of fused-ring (bicyclic) bond motifs is 1. The lowest BCUT2D eigenvalue weighted by molar-refractivity contribution is 0.0528. The quantitative estimate of drug-likeness (QED) is 0.629. The molecule has 0 aliphatic carbocycles. The van der Waals surface area contributed by atoms with Crippen molar-refractivity contribution in [2.24, 2.45) is 0 Å². The smallest absolute Gasteiger partial charge is 0.340 e. The van der Waals surface area contributed by atoms with E-state index in [4.69, 9.17) is 4.74 Å². The van der Waals surface area contributed by atoms with Crippen molar-refractivity contribution < 1.29 is 9.53 Å². The van der Waals surface area contributed by atoms with Crippen molar-refractivity contribution in [3.8, 4) is 0 Å². The summed E-state index contributed by atoms with van der Waals surface area (Å²) in [5, 5.41) is 0.934. The van der Waals surface area contributed by atoms with Gasteiger partial charge < -0.3 is 9.30 Å². The van der Waals surface area contributed by atoms with Crippen molar-refractivity contribution in [1.82, 2.24) is 4.57 Å². The highest BCUT2D eigenvalue weighted by molar-refractivity contribution is 6.07. The summed E-state index contributed by atoms with van der Waals surface area (Å²) >= 11 is 0. The average Bonchev–Trinajstić information content (AvgIpc) is 2.85. The summed E-state index contributed by atoms with van der Waals surface area (Å²) in [6.45, 7) is 6.18. The molecular formula is C21H21NO2. The molecule has 0 aliphatic heterocycles. The molecule has 0 spiro atoms. The minimum absolute atomic E-state index is 0.266. The van der Waals surface area contributed by atoms with Gasteiger partial charge in [0, 0.05) is 17.3 Å². The van der Waals surface area contributed by atoms with Crippen LogP contribution in [0.3, 0.4) is 0 Å². The second-order valence-electron chi connectivity index (χ2n) is 5.80. The first kappa shape index (κ1) is 16.1. The second-order valence-corrected chi connectivity index (χ2v) is 5.80. The number of ether oxygens (including phenoxy) is 1. The Morgan fingerprint density at radius 2 is 1.88 bits per heavy atom. The second kappa shape index (κ2) is 6.75. The van der Waals surface area contributed by atoms with Gasteiger partial charge >= 0.3 is 5.97 Å². The summed E-state index contributed by atoms with van der Waals surface area (Å²) in [7, 11) is 0. The third kappa shape index (κ3) is 2.98. The Bertz CT molecular complexity index is 904. The zero-order valence-electron chi connectivity index (χ0n) is 14.2. The maximum atomic E-state index is 12.4. The van der Waals surface area contributed by atoms with Crippen molar-refractivity contribution in [2.45, 2.75) is 20.8 Å². The molecular weight excluding hydrogens is 298 g/mol. The number of esters is 1. The van der Waals surface area contributed by atoms with Crippen LogP contribution in [0.5, 0.6) is 0 Å². The molecule has 3 nitrogen and oxygen atoms in total. The standard InChI is InChI=1S/C21H21NO2/c1-4-24-21(23)20-16(3)22(13-12-17-8-6-5-7-9-17)19-11-10-15(2)14-18(19)20/h5-14H,4H2,1-3H3. The third-order valence-electron chi connectivity index (χ3n) is 4.10. The number of aryl methyl sites for hydroxylation is 1. The van der Waals surface area contributed by atoms with Gasteiger partial charge in [0.05, 0.1) is 17.7 Å². The van der Waals surface area contributed by atoms with Crippen molar-refractivity contribution in [3.05, 3.63) is 70.9 Å². The first-order valence-corrected chi connectivity index (χ1v) is 8.13. The molecule has 1 heterocycles. The largest absolute Gasteiger partial charge is 0.462 e. The van der Waals surface area contributed by atoms with Gasteiger partial charge in [-0.2, -0.15) is 0 Å². The Hall–Kier alpha value is -2.81. The predicted molar refractivity (Wildman–Crippen MR) is 99.0 cm³/mol. The van der Waals surface area contributed by atoms with E-state index < -0.39 is 0 Å². The first-order valence-electron chi connectivity index (χ1n) is 8.13. The van der Waals surface area contributed by atoms with Crippen LogP contribution in [-0.4, -0.2) is 17.1 Å². The van der Waals surface area contributed by atoms with E-state index in [1.807, 2.05) is 74.0 Å². The van der Waals surface area contributed by atoms with Gasteiger partial charge in [-0.15, -0.1) is 0 Å². The molecule has 3 heteroatoms. The van der Waals surface area contributed by atoms with Crippen LogP contribution in [0.4, 0.5) is 0 Å². The predicted octanol–water partition coefficient (Wildman–Crippen LogP) is 5.06. The normalized spacial score (nSPS) is 11.3. The molecule has 0 radical (unpaired) electrons. The van der Waals surface area contributed by atoms with Gasteiger partial charge in [-0.25, -0.2) is 4.79 Å². The van der Waals surface area contributed by atoms with E-state index in [1.54, 1.807) is 0 Å². The van der Waals surface area contributed by atoms with Gasteiger partial charge in [0.25, 0.3) is 0 Å². The molecule has 0 amide bonds. The minimum atomic E-state index is -0.266. The topological polar surface area (TPSA) is 31.2 Å². The van der Waals surface area contributed by atoms with Crippen LogP contribution in [0.2, 0.25) is 0 Å². The van der Waals surface area contributed by atoms with Crippen molar-refractivity contribution in [3.63, 3.8) is 0 Å². The summed E-state index contributed by atoms with van der Waals surface area (Å²) < 4.78 is 7.31. The molecule has 122 valence electrons. The fraction of sp³-hybridized carbons (Fsp3) is 0.190. The fourth-order valence-corrected chi connectivity index (χ4v) is 2.93. The number of rotatable bonds is 4. The number of hydrogen-bond acceptors (Lipinski definition) is 2. The molecule has 3 rings (SSSR count). The van der Waals surface area contributed by atoms with Crippen LogP contribution in [-0.2, 0) is 4.74 Å². The minimum Gasteiger partial charge on any atom is -0.462 e. The highest BCUT2D eigenvalue weighted by atomic mass is 16.5. The van der Waals surface area contributed by atoms with E-state index in [-0.39, 0.29) is 5.97 Å². The summed E-state index contributed by atoms with van der Waals surface area (Å²) in [6.07, 6.45) is 4.05. The SMILES string of the molecule is CCOC(=O)c1c(C)n(C=Cc2ccccc2)c2ccc(C)cc12. The monoisotopic (exact) mass is 319 g/mol. The van der Waals surface area contributed by atoms with E-state index in [0.29, 0.717) is 12.2 Å². The van der Waals surface area contributed by atoms with Gasteiger partial charge in [-0.1, -0.05) is 42.0 Å². The highest BCUT2D eigenvalue weighted by Gasteiger charge is 2.20. The number of carbonyl (C=O) groups excluding carboxylic acids is 1. The van der Waals surface area contributed by atoms with E-state index in [0.717, 1.165) is 27.7 Å². The van der Waals surface area contributed by atoms with Crippen molar-refractivity contribution in [2.75, 3.05) is 6.61 Å². The molecule has 2 aromatic carbocycles. The molecule has 0 aliphatic rings. The Labute approximate surface area is 142 Å². The molecule has 0 saturated heterocycles. The van der Waals surface area contributed by atoms with Crippen LogP contribution in [0.1, 0.15) is 34.1 Å². The number of hydrogen-bond donors (Lipinski definition) is 0. The van der Waals surface area contributed by atoms with E-state index in [1.165, 1.54) is 0 Å². The molecule has 0 atom stereocenters. The lowest BCUT2D eigenvalue weighted by Crippen LogP contribution is -2.06. The van der Waals surface area contributed by atoms with Gasteiger partial charge in [0.2, 0.25) is 0 Å². The van der Waals surface area contributed by atoms with Crippen molar-refractivity contribution in [1.29, 1.82) is 0 Å². The van der Waals surface area contributed by atoms with Crippen LogP contribution in [0, 0.1) is 13.8 Å². The first-order chi connectivity index (χ1) is 11.6. The van der Waals surface area contributed by atoms with Crippen LogP contribution in [0.25, 0.3) is 23.2 Å². The maximum Gasteiger partial charge on any atom is 0.340 e. The van der Waals surface area contributed by atoms with Crippen LogP contribution in [0.15, 0.2) is 48.5 Å². The number of nitrogens with zero attached hydrogens (tertiary/aromatic N) is 1. The van der Waals surface area contributed by atoms with Gasteiger partial charge in [0.15, 0.2) is 0 Å². The Morgan fingerprint density at radius 1 is 1.12 bits per heavy atom. The summed E-state index contributed by atoms with van der Waals surface area (Å²) in [6, 6.07) is 16.3. The summed E-state index contributed by atoms with van der Waals surface area (Å²) in [4.78, 5) is 12.4. The van der Waals surface area contributed by atoms with Crippen molar-refractivity contribution >= 4 is 29.1 Å².